The van der Waals surface area contributed by atoms with E-state index in [1.165, 1.54) is 42.1 Å². The fraction of sp³-hybridized carbons (Fsp3) is 0. The first-order valence-corrected chi connectivity index (χ1v) is 18.6. The molecule has 0 unspecified atom stereocenters. The number of fused-ring (bicyclic) bond motifs is 4. The van der Waals surface area contributed by atoms with Crippen LogP contribution < -0.4 is 0 Å². The quantitative estimate of drug-likeness (QED) is 0.174. The third-order valence-corrected chi connectivity index (χ3v) is 11.1. The average Bonchev–Trinajstić information content (AvgIpc) is 3.62. The Labute approximate surface area is 311 Å². The van der Waals surface area contributed by atoms with Crippen LogP contribution in [0.2, 0.25) is 0 Å². The molecule has 0 radical (unpaired) electrons. The van der Waals surface area contributed by atoms with Crippen LogP contribution in [0, 0.1) is 0 Å². The summed E-state index contributed by atoms with van der Waals surface area (Å²) in [5, 5.41) is 5.04. The third-order valence-electron chi connectivity index (χ3n) is 9.97. The molecule has 0 atom stereocenters. The molecule has 3 nitrogen and oxygen atoms in total. The molecule has 248 valence electrons. The van der Waals surface area contributed by atoms with E-state index in [-0.39, 0.29) is 0 Å². The van der Waals surface area contributed by atoms with E-state index in [0.717, 1.165) is 50.5 Å². The van der Waals surface area contributed by atoms with Gasteiger partial charge in [-0.3, -0.25) is 4.98 Å². The third kappa shape index (κ3) is 5.85. The van der Waals surface area contributed by atoms with Crippen LogP contribution in [-0.4, -0.2) is 15.0 Å². The Morgan fingerprint density at radius 2 is 0.981 bits per heavy atom. The Hall–Kier alpha value is -6.75. The first-order valence-electron chi connectivity index (χ1n) is 17.8. The molecule has 3 heterocycles. The minimum atomic E-state index is 0.701. The van der Waals surface area contributed by atoms with Gasteiger partial charge in [0.1, 0.15) is 0 Å². The molecule has 0 saturated heterocycles. The van der Waals surface area contributed by atoms with Crippen LogP contribution >= 0.6 is 11.3 Å². The van der Waals surface area contributed by atoms with Crippen LogP contribution in [0.3, 0.4) is 0 Å². The van der Waals surface area contributed by atoms with E-state index >= 15 is 0 Å². The minimum absolute atomic E-state index is 0.701. The molecule has 0 aliphatic carbocycles. The topological polar surface area (TPSA) is 38.7 Å². The van der Waals surface area contributed by atoms with Crippen molar-refractivity contribution in [3.05, 3.63) is 188 Å². The monoisotopic (exact) mass is 693 g/mol. The Morgan fingerprint density at radius 1 is 0.358 bits per heavy atom. The molecular weight excluding hydrogens is 663 g/mol. The second-order valence-corrected chi connectivity index (χ2v) is 14.3. The van der Waals surface area contributed by atoms with Gasteiger partial charge in [0.2, 0.25) is 0 Å². The Bertz CT molecular complexity index is 2930. The van der Waals surface area contributed by atoms with E-state index in [1.54, 1.807) is 0 Å². The van der Waals surface area contributed by atoms with Crippen LogP contribution in [0.4, 0.5) is 0 Å². The highest BCUT2D eigenvalue weighted by Crippen LogP contribution is 2.39. The molecule has 53 heavy (non-hydrogen) atoms. The second kappa shape index (κ2) is 13.1. The molecule has 0 bridgehead atoms. The molecule has 0 N–H and O–H groups in total. The zero-order chi connectivity index (χ0) is 35.1. The first-order chi connectivity index (χ1) is 26.2. The molecule has 0 fully saturated rings. The van der Waals surface area contributed by atoms with Gasteiger partial charge in [0.05, 0.1) is 17.1 Å². The van der Waals surface area contributed by atoms with Crippen molar-refractivity contribution in [1.82, 2.24) is 15.0 Å². The van der Waals surface area contributed by atoms with Gasteiger partial charge in [0.15, 0.2) is 5.82 Å². The molecule has 10 aromatic rings. The number of aromatic nitrogens is 3. The SMILES string of the molecule is c1ccc(-c2nc(-c3ccc(-c4ccc5ccccc5c4)cc3)cc(-c3ccc(-c4cccnc4-c4ccc5sc6ccccc6c5c4)cc3)n2)cc1. The minimum Gasteiger partial charge on any atom is -0.256 e. The van der Waals surface area contributed by atoms with Gasteiger partial charge in [0, 0.05) is 54.2 Å². The summed E-state index contributed by atoms with van der Waals surface area (Å²) in [5.41, 5.74) is 11.5. The fourth-order valence-electron chi connectivity index (χ4n) is 7.22. The van der Waals surface area contributed by atoms with Gasteiger partial charge < -0.3 is 0 Å². The van der Waals surface area contributed by atoms with Crippen molar-refractivity contribution >= 4 is 42.3 Å². The van der Waals surface area contributed by atoms with Crippen molar-refractivity contribution in [1.29, 1.82) is 0 Å². The lowest BCUT2D eigenvalue weighted by Gasteiger charge is -2.12. The smallest absolute Gasteiger partial charge is 0.160 e. The number of thiophene rings is 1. The molecule has 0 spiro atoms. The van der Waals surface area contributed by atoms with Crippen LogP contribution in [0.5, 0.6) is 0 Å². The lowest BCUT2D eigenvalue weighted by atomic mass is 9.96. The Kier molecular flexibility index (Phi) is 7.67. The number of nitrogens with zero attached hydrogens (tertiary/aromatic N) is 3. The highest BCUT2D eigenvalue weighted by molar-refractivity contribution is 7.25. The van der Waals surface area contributed by atoms with E-state index in [4.69, 9.17) is 15.0 Å². The van der Waals surface area contributed by atoms with Crippen LogP contribution in [0.15, 0.2) is 188 Å². The van der Waals surface area contributed by atoms with Crippen LogP contribution in [-0.2, 0) is 0 Å². The van der Waals surface area contributed by atoms with Gasteiger partial charge in [-0.05, 0) is 63.9 Å². The molecule has 0 aliphatic heterocycles. The molecule has 10 rings (SSSR count). The van der Waals surface area contributed by atoms with Crippen molar-refractivity contribution in [2.24, 2.45) is 0 Å². The van der Waals surface area contributed by atoms with Gasteiger partial charge in [-0.25, -0.2) is 9.97 Å². The number of hydrogen-bond acceptors (Lipinski definition) is 4. The maximum atomic E-state index is 5.09. The summed E-state index contributed by atoms with van der Waals surface area (Å²) in [5.74, 6) is 0.701. The molecule has 0 aliphatic rings. The number of hydrogen-bond donors (Lipinski definition) is 0. The van der Waals surface area contributed by atoms with Gasteiger partial charge in [0.25, 0.3) is 0 Å². The maximum absolute atomic E-state index is 5.09. The number of benzene rings is 7. The highest BCUT2D eigenvalue weighted by Gasteiger charge is 2.14. The van der Waals surface area contributed by atoms with Gasteiger partial charge in [-0.2, -0.15) is 0 Å². The molecule has 0 saturated carbocycles. The normalized spacial score (nSPS) is 11.4. The maximum Gasteiger partial charge on any atom is 0.160 e. The van der Waals surface area contributed by atoms with Gasteiger partial charge >= 0.3 is 0 Å². The standard InChI is InChI=1S/C49H31N3S/c1-2-10-37(11-3-1)49-51-44(35-21-16-33(17-22-35)39-25-18-32-9-4-5-12-38(32)29-39)31-45(52-49)36-23-19-34(20-24-36)41-14-8-28-50-48(41)40-26-27-47-43(30-40)42-13-6-7-15-46(42)53-47/h1-31H. The Balaban J connectivity index is 1.01. The zero-order valence-electron chi connectivity index (χ0n) is 28.6. The summed E-state index contributed by atoms with van der Waals surface area (Å²) in [6.07, 6.45) is 1.88. The molecule has 0 amide bonds. The van der Waals surface area contributed by atoms with Crippen molar-refractivity contribution in [2.45, 2.75) is 0 Å². The predicted octanol–water partition coefficient (Wildman–Crippen LogP) is 13.4. The molecular formula is C49H31N3S. The predicted molar refractivity (Wildman–Crippen MR) is 223 cm³/mol. The second-order valence-electron chi connectivity index (χ2n) is 13.3. The van der Waals surface area contributed by atoms with Crippen LogP contribution in [0.25, 0.3) is 98.4 Å². The van der Waals surface area contributed by atoms with Crippen molar-refractivity contribution in [3.8, 4) is 67.4 Å². The van der Waals surface area contributed by atoms with Crippen molar-refractivity contribution in [3.63, 3.8) is 0 Å². The summed E-state index contributed by atoms with van der Waals surface area (Å²) < 4.78 is 2.59. The van der Waals surface area contributed by atoms with E-state index in [0.29, 0.717) is 5.82 Å². The molecule has 7 aromatic carbocycles. The van der Waals surface area contributed by atoms with Gasteiger partial charge in [-0.15, -0.1) is 11.3 Å². The first kappa shape index (κ1) is 31.0. The number of rotatable bonds is 6. The highest BCUT2D eigenvalue weighted by atomic mass is 32.1. The molecule has 3 aromatic heterocycles. The van der Waals surface area contributed by atoms with Crippen LogP contribution in [0.1, 0.15) is 0 Å². The van der Waals surface area contributed by atoms with E-state index in [1.807, 2.05) is 41.8 Å². The summed E-state index contributed by atoms with van der Waals surface area (Å²) in [4.78, 5) is 15.0. The average molecular weight is 694 g/mol. The summed E-state index contributed by atoms with van der Waals surface area (Å²) in [7, 11) is 0. The number of pyridine rings is 1. The van der Waals surface area contributed by atoms with E-state index < -0.39 is 0 Å². The Morgan fingerprint density at radius 3 is 1.77 bits per heavy atom. The zero-order valence-corrected chi connectivity index (χ0v) is 29.5. The summed E-state index contributed by atoms with van der Waals surface area (Å²) >= 11 is 1.83. The fourth-order valence-corrected chi connectivity index (χ4v) is 8.31. The van der Waals surface area contributed by atoms with E-state index in [9.17, 15) is 0 Å². The van der Waals surface area contributed by atoms with Crippen molar-refractivity contribution < 1.29 is 0 Å². The molecule has 4 heteroatoms. The van der Waals surface area contributed by atoms with Gasteiger partial charge in [-0.1, -0.05) is 146 Å². The largest absolute Gasteiger partial charge is 0.256 e. The lowest BCUT2D eigenvalue weighted by molar-refractivity contribution is 1.18. The van der Waals surface area contributed by atoms with Crippen molar-refractivity contribution in [2.75, 3.05) is 0 Å². The lowest BCUT2D eigenvalue weighted by Crippen LogP contribution is -1.96. The summed E-state index contributed by atoms with van der Waals surface area (Å²) in [6.45, 7) is 0. The summed E-state index contributed by atoms with van der Waals surface area (Å²) in [6, 6.07) is 64.3. The van der Waals surface area contributed by atoms with E-state index in [2.05, 4.69) is 158 Å².